The average molecular weight is 442 g/mol. The number of piperidine rings is 1. The molecule has 0 spiro atoms. The zero-order valence-corrected chi connectivity index (χ0v) is 20.8. The summed E-state index contributed by atoms with van der Waals surface area (Å²) in [5.41, 5.74) is -0.494. The second kappa shape index (κ2) is 15.3. The van der Waals surface area contributed by atoms with E-state index in [9.17, 15) is 4.79 Å². The third-order valence-corrected chi connectivity index (χ3v) is 5.31. The topological polar surface area (TPSA) is 87.2 Å². The first kappa shape index (κ1) is 27.5. The van der Waals surface area contributed by atoms with Gasteiger partial charge in [0.05, 0.1) is 6.61 Å². The Labute approximate surface area is 189 Å². The first-order valence-electron chi connectivity index (χ1n) is 12.0. The van der Waals surface area contributed by atoms with Crippen LogP contribution < -0.4 is 16.0 Å². The number of rotatable bonds is 12. The number of methoxy groups -OCH3 is 1. The van der Waals surface area contributed by atoms with Crippen LogP contribution in [0, 0.1) is 5.92 Å². The van der Waals surface area contributed by atoms with Crippen LogP contribution in [0.25, 0.3) is 0 Å². The highest BCUT2D eigenvalue weighted by Gasteiger charge is 2.20. The van der Waals surface area contributed by atoms with Gasteiger partial charge in [0, 0.05) is 39.3 Å². The van der Waals surface area contributed by atoms with Gasteiger partial charge in [0.1, 0.15) is 5.60 Å². The highest BCUT2D eigenvalue weighted by Crippen LogP contribution is 2.17. The lowest BCUT2D eigenvalue weighted by Crippen LogP contribution is -2.49. The van der Waals surface area contributed by atoms with Gasteiger partial charge in [-0.15, -0.1) is 0 Å². The number of nitrogens with zero attached hydrogens (tertiary/aromatic N) is 2. The molecule has 1 aliphatic heterocycles. The van der Waals surface area contributed by atoms with Crippen LogP contribution in [-0.2, 0) is 9.47 Å². The molecule has 1 aliphatic rings. The Kier molecular flexibility index (Phi) is 13.6. The zero-order chi connectivity index (χ0) is 23.1. The fourth-order valence-corrected chi connectivity index (χ4v) is 3.54. The maximum atomic E-state index is 12.1. The van der Waals surface area contributed by atoms with E-state index in [0.29, 0.717) is 12.5 Å². The van der Waals surface area contributed by atoms with Crippen LogP contribution >= 0.6 is 0 Å². The highest BCUT2D eigenvalue weighted by atomic mass is 16.6. The third-order valence-electron chi connectivity index (χ3n) is 5.31. The van der Waals surface area contributed by atoms with Gasteiger partial charge in [-0.25, -0.2) is 4.79 Å². The van der Waals surface area contributed by atoms with Gasteiger partial charge >= 0.3 is 6.09 Å². The lowest BCUT2D eigenvalue weighted by atomic mass is 9.97. The number of unbranched alkanes of at least 4 members (excludes halogenated alkanes) is 1. The molecule has 0 saturated carbocycles. The molecule has 1 unspecified atom stereocenters. The largest absolute Gasteiger partial charge is 0.444 e. The van der Waals surface area contributed by atoms with Gasteiger partial charge in [-0.05, 0) is 66.0 Å². The van der Waals surface area contributed by atoms with Gasteiger partial charge in [-0.2, -0.15) is 0 Å². The van der Waals surface area contributed by atoms with Crippen LogP contribution in [-0.4, -0.2) is 81.6 Å². The van der Waals surface area contributed by atoms with Crippen molar-refractivity contribution < 1.29 is 14.3 Å². The molecular weight excluding hydrogens is 394 g/mol. The van der Waals surface area contributed by atoms with Gasteiger partial charge < -0.3 is 30.3 Å². The molecule has 0 radical (unpaired) electrons. The fourth-order valence-electron chi connectivity index (χ4n) is 3.54. The number of ether oxygens (including phenoxy) is 2. The standard InChI is InChI=1S/C23H47N5O3/c1-7-9-10-20(18-26-22(29)31-23(3,4)5)27-21(24-8-2)25-17-19-11-13-28(14-12-19)15-16-30-6/h19-20H,7-18H2,1-6H3,(H,26,29)(H2,24,25,27). The van der Waals surface area contributed by atoms with Crippen molar-refractivity contribution in [1.82, 2.24) is 20.9 Å². The van der Waals surface area contributed by atoms with E-state index >= 15 is 0 Å². The minimum atomic E-state index is -0.494. The van der Waals surface area contributed by atoms with Gasteiger partial charge in [0.25, 0.3) is 0 Å². The van der Waals surface area contributed by atoms with Gasteiger partial charge in [0.2, 0.25) is 0 Å². The maximum absolute atomic E-state index is 12.1. The number of hydrogen-bond donors (Lipinski definition) is 3. The van der Waals surface area contributed by atoms with Gasteiger partial charge in [0.15, 0.2) is 5.96 Å². The molecule has 0 aliphatic carbocycles. The summed E-state index contributed by atoms with van der Waals surface area (Å²) in [6, 6.07) is 0.112. The van der Waals surface area contributed by atoms with Crippen molar-refractivity contribution >= 4 is 12.1 Å². The molecule has 8 heteroatoms. The number of carbonyl (C=O) groups excluding carboxylic acids is 1. The Morgan fingerprint density at radius 1 is 1.19 bits per heavy atom. The molecule has 1 heterocycles. The summed E-state index contributed by atoms with van der Waals surface area (Å²) in [4.78, 5) is 19.4. The van der Waals surface area contributed by atoms with E-state index in [1.807, 2.05) is 20.8 Å². The monoisotopic (exact) mass is 441 g/mol. The summed E-state index contributed by atoms with van der Waals surface area (Å²) < 4.78 is 10.6. The van der Waals surface area contributed by atoms with Crippen molar-refractivity contribution in [1.29, 1.82) is 0 Å². The minimum absolute atomic E-state index is 0.112. The molecule has 8 nitrogen and oxygen atoms in total. The Balaban J connectivity index is 2.56. The molecular formula is C23H47N5O3. The summed E-state index contributed by atoms with van der Waals surface area (Å²) in [6.07, 6.45) is 5.14. The minimum Gasteiger partial charge on any atom is -0.444 e. The quantitative estimate of drug-likeness (QED) is 0.319. The van der Waals surface area contributed by atoms with Crippen LogP contribution in [0.15, 0.2) is 4.99 Å². The SMILES string of the molecule is CCCCC(CNC(=O)OC(C)(C)C)NC(=NCC1CCN(CCOC)CC1)NCC. The van der Waals surface area contributed by atoms with E-state index in [0.717, 1.165) is 64.6 Å². The summed E-state index contributed by atoms with van der Waals surface area (Å²) >= 11 is 0. The van der Waals surface area contributed by atoms with E-state index in [2.05, 4.69) is 34.7 Å². The molecule has 0 aromatic rings. The van der Waals surface area contributed by atoms with E-state index in [1.165, 1.54) is 12.8 Å². The molecule has 1 atom stereocenters. The van der Waals surface area contributed by atoms with E-state index in [-0.39, 0.29) is 12.1 Å². The second-order valence-corrected chi connectivity index (χ2v) is 9.36. The fraction of sp³-hybridized carbons (Fsp3) is 0.913. The number of amides is 1. The van der Waals surface area contributed by atoms with Crippen molar-refractivity contribution in [2.75, 3.05) is 53.0 Å². The van der Waals surface area contributed by atoms with E-state index < -0.39 is 5.60 Å². The predicted molar refractivity (Wildman–Crippen MR) is 128 cm³/mol. The second-order valence-electron chi connectivity index (χ2n) is 9.36. The van der Waals surface area contributed by atoms with Crippen molar-refractivity contribution in [3.8, 4) is 0 Å². The Morgan fingerprint density at radius 2 is 1.90 bits per heavy atom. The summed E-state index contributed by atoms with van der Waals surface area (Å²) in [5, 5.41) is 9.79. The first-order chi connectivity index (χ1) is 14.8. The maximum Gasteiger partial charge on any atom is 0.407 e. The predicted octanol–water partition coefficient (Wildman–Crippen LogP) is 2.98. The lowest BCUT2D eigenvalue weighted by Gasteiger charge is -2.31. The molecule has 0 bridgehead atoms. The third kappa shape index (κ3) is 13.5. The number of guanidine groups is 1. The van der Waals surface area contributed by atoms with Crippen LogP contribution in [0.1, 0.15) is 66.7 Å². The van der Waals surface area contributed by atoms with E-state index in [1.54, 1.807) is 7.11 Å². The Hall–Kier alpha value is -1.54. The number of hydrogen-bond acceptors (Lipinski definition) is 5. The Bertz CT molecular complexity index is 514. The molecule has 3 N–H and O–H groups in total. The number of likely N-dealkylation sites (tertiary alicyclic amines) is 1. The Morgan fingerprint density at radius 3 is 2.48 bits per heavy atom. The number of nitrogens with one attached hydrogen (secondary N) is 3. The molecule has 0 aromatic heterocycles. The normalized spacial score (nSPS) is 17.3. The van der Waals surface area contributed by atoms with Crippen molar-refractivity contribution in [2.45, 2.75) is 78.4 Å². The molecule has 1 saturated heterocycles. The zero-order valence-electron chi connectivity index (χ0n) is 20.8. The van der Waals surface area contributed by atoms with Crippen LogP contribution in [0.3, 0.4) is 0 Å². The van der Waals surface area contributed by atoms with E-state index in [4.69, 9.17) is 14.5 Å². The highest BCUT2D eigenvalue weighted by molar-refractivity contribution is 5.80. The van der Waals surface area contributed by atoms with Crippen molar-refractivity contribution in [2.24, 2.45) is 10.9 Å². The first-order valence-corrected chi connectivity index (χ1v) is 12.0. The summed E-state index contributed by atoms with van der Waals surface area (Å²) in [7, 11) is 1.76. The number of aliphatic imine (C=N–C) groups is 1. The van der Waals surface area contributed by atoms with Crippen LogP contribution in [0.2, 0.25) is 0 Å². The molecule has 1 amide bonds. The number of alkyl carbamates (subject to hydrolysis) is 1. The van der Waals surface area contributed by atoms with Gasteiger partial charge in [-0.3, -0.25) is 4.99 Å². The lowest BCUT2D eigenvalue weighted by molar-refractivity contribution is 0.0522. The van der Waals surface area contributed by atoms with Crippen molar-refractivity contribution in [3.63, 3.8) is 0 Å². The van der Waals surface area contributed by atoms with Crippen LogP contribution in [0.4, 0.5) is 4.79 Å². The molecule has 182 valence electrons. The van der Waals surface area contributed by atoms with Crippen LogP contribution in [0.5, 0.6) is 0 Å². The molecule has 0 aromatic carbocycles. The smallest absolute Gasteiger partial charge is 0.407 e. The summed E-state index contributed by atoms with van der Waals surface area (Å²) in [6.45, 7) is 16.1. The summed E-state index contributed by atoms with van der Waals surface area (Å²) in [5.74, 6) is 1.44. The molecule has 31 heavy (non-hydrogen) atoms. The number of carbonyl (C=O) groups is 1. The van der Waals surface area contributed by atoms with Crippen molar-refractivity contribution in [3.05, 3.63) is 0 Å². The molecule has 1 fully saturated rings. The average Bonchev–Trinajstić information content (AvgIpc) is 2.72. The molecule has 1 rings (SSSR count). The van der Waals surface area contributed by atoms with Gasteiger partial charge in [-0.1, -0.05) is 19.8 Å².